The Hall–Kier alpha value is -5.20. The van der Waals surface area contributed by atoms with Gasteiger partial charge in [-0.15, -0.1) is 0 Å². The molecule has 11 heteroatoms. The minimum atomic E-state index is -0.648. The first kappa shape index (κ1) is 33.9. The van der Waals surface area contributed by atoms with Gasteiger partial charge in [0, 0.05) is 42.5 Å². The summed E-state index contributed by atoms with van der Waals surface area (Å²) in [6.07, 6.45) is 1.85. The molecule has 0 unspecified atom stereocenters. The van der Waals surface area contributed by atoms with Crippen molar-refractivity contribution in [1.82, 2.24) is 20.2 Å². The average molecular weight is 699 g/mol. The van der Waals surface area contributed by atoms with Gasteiger partial charge in [0.25, 0.3) is 5.91 Å². The maximum atomic E-state index is 13.3. The van der Waals surface area contributed by atoms with Gasteiger partial charge in [-0.1, -0.05) is 73.7 Å². The second-order valence-corrected chi connectivity index (χ2v) is 13.9. The van der Waals surface area contributed by atoms with Crippen LogP contribution in [0.3, 0.4) is 0 Å². The van der Waals surface area contributed by atoms with Crippen LogP contribution in [-0.2, 0) is 20.9 Å². The van der Waals surface area contributed by atoms with Crippen LogP contribution in [-0.4, -0.2) is 69.7 Å². The Bertz CT molecular complexity index is 2040. The fourth-order valence-electron chi connectivity index (χ4n) is 7.71. The van der Waals surface area contributed by atoms with E-state index in [0.717, 1.165) is 53.8 Å². The number of aromatic nitrogens is 2. The van der Waals surface area contributed by atoms with Crippen LogP contribution in [0, 0.1) is 5.92 Å². The summed E-state index contributed by atoms with van der Waals surface area (Å²) >= 11 is 0. The van der Waals surface area contributed by atoms with E-state index in [1.807, 2.05) is 91.0 Å². The minimum Gasteiger partial charge on any atom is -0.392 e. The van der Waals surface area contributed by atoms with Gasteiger partial charge in [0.2, 0.25) is 5.91 Å². The number of fused-ring (bicyclic) bond motifs is 1. The molecule has 5 aromatic rings. The van der Waals surface area contributed by atoms with Gasteiger partial charge in [0.05, 0.1) is 42.7 Å². The van der Waals surface area contributed by atoms with Crippen LogP contribution in [0.15, 0.2) is 109 Å². The fraction of sp³-hybridized carbons (Fsp3) is 0.317. The van der Waals surface area contributed by atoms with E-state index in [0.29, 0.717) is 24.4 Å². The van der Waals surface area contributed by atoms with Crippen LogP contribution < -0.4 is 15.5 Å². The summed E-state index contributed by atoms with van der Waals surface area (Å²) in [4.78, 5) is 39.8. The number of benzene rings is 4. The first-order chi connectivity index (χ1) is 25.4. The highest BCUT2D eigenvalue weighted by Crippen LogP contribution is 2.43. The molecule has 1 spiro atoms. The van der Waals surface area contributed by atoms with Crippen molar-refractivity contribution >= 4 is 34.2 Å². The van der Waals surface area contributed by atoms with Crippen molar-refractivity contribution in [1.29, 1.82) is 0 Å². The Morgan fingerprint density at radius 2 is 1.60 bits per heavy atom. The largest absolute Gasteiger partial charge is 0.392 e. The molecule has 52 heavy (non-hydrogen) atoms. The van der Waals surface area contributed by atoms with E-state index in [-0.39, 0.29) is 42.2 Å². The molecule has 1 aromatic heterocycles. The Kier molecular flexibility index (Phi) is 9.42. The molecule has 4 atom stereocenters. The van der Waals surface area contributed by atoms with Crippen molar-refractivity contribution in [3.8, 4) is 0 Å². The predicted molar refractivity (Wildman–Crippen MR) is 197 cm³/mol. The standard InChI is InChI=1S/C41H42N6O5/c1-27-36(24-46-21-19-41(20-22-46)40(50)43-26-47(41)32-7-3-2-4-8-32)51-39(52-37(27)29-13-11-28(25-48)12-14-29)30-15-17-31(18-16-30)44-38(49)35-23-42-33-9-5-6-10-34(33)45-35/h2-18,23,27,36-37,39,48H,19-22,24-26H2,1H3,(H,43,50)(H,44,49)/t27-,36+,37+,39+/m1/s1. The first-order valence-electron chi connectivity index (χ1n) is 17.9. The maximum Gasteiger partial charge on any atom is 0.275 e. The summed E-state index contributed by atoms with van der Waals surface area (Å²) in [6.45, 7) is 4.87. The zero-order chi connectivity index (χ0) is 35.7. The van der Waals surface area contributed by atoms with Gasteiger partial charge in [-0.05, 0) is 60.4 Å². The number of nitrogens with one attached hydrogen (secondary N) is 2. The molecule has 0 aliphatic carbocycles. The van der Waals surface area contributed by atoms with Gasteiger partial charge in [-0.2, -0.15) is 0 Å². The number of nitrogens with zero attached hydrogens (tertiary/aromatic N) is 4. The zero-order valence-electron chi connectivity index (χ0n) is 29.0. The number of ether oxygens (including phenoxy) is 2. The summed E-state index contributed by atoms with van der Waals surface area (Å²) in [5.74, 6) is -0.228. The molecule has 0 radical (unpaired) electrons. The van der Waals surface area contributed by atoms with Gasteiger partial charge in [0.1, 0.15) is 11.2 Å². The Morgan fingerprint density at radius 1 is 0.904 bits per heavy atom. The number of aliphatic hydroxyl groups excluding tert-OH is 1. The molecule has 0 saturated carbocycles. The summed E-state index contributed by atoms with van der Waals surface area (Å²) in [6, 6.07) is 33.0. The first-order valence-corrected chi connectivity index (χ1v) is 17.9. The highest BCUT2D eigenvalue weighted by molar-refractivity contribution is 6.03. The summed E-state index contributed by atoms with van der Waals surface area (Å²) in [7, 11) is 0. The number of amides is 2. The molecular formula is C41H42N6O5. The van der Waals surface area contributed by atoms with Crippen molar-refractivity contribution in [2.24, 2.45) is 5.92 Å². The number of carbonyl (C=O) groups is 2. The molecule has 8 rings (SSSR count). The van der Waals surface area contributed by atoms with Crippen LogP contribution in [0.5, 0.6) is 0 Å². The van der Waals surface area contributed by atoms with E-state index in [1.54, 1.807) is 0 Å². The number of rotatable bonds is 8. The lowest BCUT2D eigenvalue weighted by Gasteiger charge is -2.46. The topological polar surface area (TPSA) is 129 Å². The molecule has 0 bridgehead atoms. The average Bonchev–Trinajstić information content (AvgIpc) is 3.51. The molecule has 2 amide bonds. The number of piperidine rings is 1. The molecule has 4 aromatic carbocycles. The van der Waals surface area contributed by atoms with Gasteiger partial charge in [-0.3, -0.25) is 14.6 Å². The monoisotopic (exact) mass is 698 g/mol. The van der Waals surface area contributed by atoms with Crippen molar-refractivity contribution in [2.45, 2.75) is 50.4 Å². The van der Waals surface area contributed by atoms with Gasteiger partial charge in [0.15, 0.2) is 6.29 Å². The molecule has 4 heterocycles. The van der Waals surface area contributed by atoms with E-state index in [2.05, 4.69) is 49.5 Å². The molecule has 3 N–H and O–H groups in total. The number of likely N-dealkylation sites (tertiary alicyclic amines) is 1. The molecule has 3 aliphatic heterocycles. The second kappa shape index (κ2) is 14.4. The lowest BCUT2D eigenvalue weighted by Crippen LogP contribution is -2.57. The quantitative estimate of drug-likeness (QED) is 0.190. The number of hydrogen-bond acceptors (Lipinski definition) is 9. The smallest absolute Gasteiger partial charge is 0.275 e. The number of hydrogen-bond donors (Lipinski definition) is 3. The number of carbonyl (C=O) groups excluding carboxylic acids is 2. The normalized spacial score (nSPS) is 23.1. The van der Waals surface area contributed by atoms with Crippen LogP contribution in [0.25, 0.3) is 11.0 Å². The molecule has 11 nitrogen and oxygen atoms in total. The fourth-order valence-corrected chi connectivity index (χ4v) is 7.71. The maximum absolute atomic E-state index is 13.3. The van der Waals surface area contributed by atoms with E-state index >= 15 is 0 Å². The third kappa shape index (κ3) is 6.64. The highest BCUT2D eigenvalue weighted by Gasteiger charge is 2.51. The Labute approximate surface area is 302 Å². The van der Waals surface area contributed by atoms with Crippen LogP contribution >= 0.6 is 0 Å². The predicted octanol–water partition coefficient (Wildman–Crippen LogP) is 5.59. The Morgan fingerprint density at radius 3 is 2.33 bits per heavy atom. The summed E-state index contributed by atoms with van der Waals surface area (Å²) < 4.78 is 13.4. The highest BCUT2D eigenvalue weighted by atomic mass is 16.7. The zero-order valence-corrected chi connectivity index (χ0v) is 29.0. The van der Waals surface area contributed by atoms with Crippen molar-refractivity contribution in [3.05, 3.63) is 132 Å². The molecule has 3 saturated heterocycles. The van der Waals surface area contributed by atoms with Crippen molar-refractivity contribution < 1.29 is 24.2 Å². The van der Waals surface area contributed by atoms with Crippen LogP contribution in [0.1, 0.15) is 59.3 Å². The summed E-state index contributed by atoms with van der Waals surface area (Å²) in [5, 5.41) is 15.7. The molecular weight excluding hydrogens is 656 g/mol. The second-order valence-electron chi connectivity index (χ2n) is 13.9. The van der Waals surface area contributed by atoms with Gasteiger partial charge < -0.3 is 35.0 Å². The lowest BCUT2D eigenvalue weighted by atomic mass is 9.84. The van der Waals surface area contributed by atoms with E-state index < -0.39 is 11.8 Å². The number of para-hydroxylation sites is 3. The van der Waals surface area contributed by atoms with E-state index in [9.17, 15) is 14.7 Å². The van der Waals surface area contributed by atoms with E-state index in [1.165, 1.54) is 6.20 Å². The lowest BCUT2D eigenvalue weighted by molar-refractivity contribution is -0.276. The van der Waals surface area contributed by atoms with Crippen LogP contribution in [0.4, 0.5) is 11.4 Å². The third-order valence-corrected chi connectivity index (χ3v) is 10.8. The molecule has 266 valence electrons. The molecule has 3 fully saturated rings. The third-order valence-electron chi connectivity index (χ3n) is 10.8. The van der Waals surface area contributed by atoms with E-state index in [4.69, 9.17) is 9.47 Å². The molecule has 3 aliphatic rings. The number of aliphatic hydroxyl groups is 1. The summed E-state index contributed by atoms with van der Waals surface area (Å²) in [5.41, 5.74) is 5.42. The van der Waals surface area contributed by atoms with Crippen LogP contribution in [0.2, 0.25) is 0 Å². The van der Waals surface area contributed by atoms with Gasteiger partial charge in [-0.25, -0.2) is 4.98 Å². The minimum absolute atomic E-state index is 0.0179. The van der Waals surface area contributed by atoms with Crippen molar-refractivity contribution in [3.63, 3.8) is 0 Å². The van der Waals surface area contributed by atoms with Gasteiger partial charge >= 0.3 is 0 Å². The SMILES string of the molecule is C[C@@H]1[C@H](CN2CCC3(CC2)C(=O)NCN3c2ccccc2)O[C@H](c2ccc(NC(=O)c3cnc4ccccc4n3)cc2)O[C@@H]1c1ccc(CO)cc1. The Balaban J connectivity index is 0.982. The number of anilines is 2. The van der Waals surface area contributed by atoms with Crippen molar-refractivity contribution in [2.75, 3.05) is 36.5 Å².